The molecule has 1 N–H and O–H groups in total. The van der Waals surface area contributed by atoms with E-state index in [1.165, 1.54) is 32.0 Å². The second-order valence-corrected chi connectivity index (χ2v) is 6.32. The maximum atomic E-state index is 13.5. The number of hydrogen-bond acceptors (Lipinski definition) is 3. The van der Waals surface area contributed by atoms with Crippen LogP contribution in [0.3, 0.4) is 0 Å². The highest BCUT2D eigenvalue weighted by atomic mass is 19.1. The van der Waals surface area contributed by atoms with Crippen molar-refractivity contribution in [1.82, 2.24) is 10.2 Å². The largest absolute Gasteiger partial charge is 0.380 e. The minimum Gasteiger partial charge on any atom is -0.380 e. The van der Waals surface area contributed by atoms with Gasteiger partial charge in [-0.15, -0.1) is 0 Å². The van der Waals surface area contributed by atoms with Crippen molar-refractivity contribution in [3.63, 3.8) is 0 Å². The van der Waals surface area contributed by atoms with Gasteiger partial charge in [0.2, 0.25) is 0 Å². The molecule has 0 radical (unpaired) electrons. The summed E-state index contributed by atoms with van der Waals surface area (Å²) in [7, 11) is 0. The molecule has 2 aliphatic heterocycles. The van der Waals surface area contributed by atoms with Crippen LogP contribution in [0.4, 0.5) is 4.39 Å². The molecule has 3 rings (SSSR count). The highest BCUT2D eigenvalue weighted by Gasteiger charge is 2.36. The summed E-state index contributed by atoms with van der Waals surface area (Å²) in [6.45, 7) is 6.90. The summed E-state index contributed by atoms with van der Waals surface area (Å²) in [5.41, 5.74) is 1.00. The molecule has 2 fully saturated rings. The van der Waals surface area contributed by atoms with Crippen molar-refractivity contribution in [2.45, 2.75) is 24.7 Å². The van der Waals surface area contributed by atoms with Crippen LogP contribution in [0.25, 0.3) is 0 Å². The Morgan fingerprint density at radius 3 is 2.86 bits per heavy atom. The fraction of sp³-hybridized carbons (Fsp3) is 0.647. The number of halogens is 1. The van der Waals surface area contributed by atoms with Crippen molar-refractivity contribution in [1.29, 1.82) is 0 Å². The first-order valence-electron chi connectivity index (χ1n) is 8.05. The van der Waals surface area contributed by atoms with E-state index in [2.05, 4.69) is 10.2 Å². The Labute approximate surface area is 126 Å². The summed E-state index contributed by atoms with van der Waals surface area (Å²) < 4.78 is 19.1. The zero-order valence-electron chi connectivity index (χ0n) is 12.6. The van der Waals surface area contributed by atoms with Gasteiger partial charge in [-0.25, -0.2) is 4.39 Å². The Balaban J connectivity index is 1.56. The van der Waals surface area contributed by atoms with E-state index in [9.17, 15) is 4.39 Å². The van der Waals surface area contributed by atoms with E-state index in [1.807, 2.05) is 6.07 Å². The van der Waals surface area contributed by atoms with Gasteiger partial charge in [-0.2, -0.15) is 0 Å². The van der Waals surface area contributed by atoms with Crippen molar-refractivity contribution in [2.75, 3.05) is 45.9 Å². The van der Waals surface area contributed by atoms with Crippen LogP contribution in [0.15, 0.2) is 24.3 Å². The molecule has 0 saturated carbocycles. The number of rotatable bonds is 6. The van der Waals surface area contributed by atoms with Crippen molar-refractivity contribution in [2.24, 2.45) is 0 Å². The normalized spacial score (nSPS) is 26.5. The topological polar surface area (TPSA) is 24.5 Å². The lowest BCUT2D eigenvalue weighted by Gasteiger charge is -2.29. The Hall–Kier alpha value is -0.970. The number of likely N-dealkylation sites (tertiary alicyclic amines) is 1. The van der Waals surface area contributed by atoms with Crippen LogP contribution in [-0.4, -0.2) is 50.8 Å². The molecule has 2 heterocycles. The molecular weight excluding hydrogens is 267 g/mol. The van der Waals surface area contributed by atoms with E-state index in [-0.39, 0.29) is 11.2 Å². The molecule has 0 aliphatic carbocycles. The number of nitrogens with zero attached hydrogens (tertiary/aromatic N) is 1. The molecular formula is C17H25FN2O. The fourth-order valence-electron chi connectivity index (χ4n) is 3.47. The van der Waals surface area contributed by atoms with Gasteiger partial charge in [-0.05, 0) is 50.0 Å². The third kappa shape index (κ3) is 3.62. The molecule has 2 aliphatic rings. The van der Waals surface area contributed by atoms with Gasteiger partial charge < -0.3 is 15.0 Å². The van der Waals surface area contributed by atoms with Crippen LogP contribution in [0.2, 0.25) is 0 Å². The minimum absolute atomic E-state index is 0.0624. The third-order valence-electron chi connectivity index (χ3n) is 4.81. The average molecular weight is 292 g/mol. The van der Waals surface area contributed by atoms with E-state index in [0.29, 0.717) is 6.61 Å². The number of nitrogens with one attached hydrogen (secondary N) is 1. The van der Waals surface area contributed by atoms with Crippen molar-refractivity contribution in [3.8, 4) is 0 Å². The van der Waals surface area contributed by atoms with Gasteiger partial charge in [-0.3, -0.25) is 0 Å². The SMILES string of the molecule is Fc1cccc([C@@]2(CNCCN3CCCC3)CCOC2)c1. The second kappa shape index (κ2) is 6.86. The molecule has 1 aromatic carbocycles. The summed E-state index contributed by atoms with van der Waals surface area (Å²) in [5.74, 6) is -0.157. The zero-order chi connectivity index (χ0) is 14.5. The van der Waals surface area contributed by atoms with Gasteiger partial charge in [0.1, 0.15) is 5.82 Å². The standard InChI is InChI=1S/C17H25FN2O/c18-16-5-3-4-15(12-16)17(6-11-21-14-17)13-19-7-10-20-8-1-2-9-20/h3-5,12,19H,1-2,6-11,13-14H2/t17-/m1/s1. The summed E-state index contributed by atoms with van der Waals surface area (Å²) >= 11 is 0. The van der Waals surface area contributed by atoms with Gasteiger partial charge in [0.15, 0.2) is 0 Å². The second-order valence-electron chi connectivity index (χ2n) is 6.32. The molecule has 1 atom stereocenters. The number of hydrogen-bond donors (Lipinski definition) is 1. The minimum atomic E-state index is -0.157. The number of benzene rings is 1. The highest BCUT2D eigenvalue weighted by molar-refractivity contribution is 5.28. The molecule has 3 nitrogen and oxygen atoms in total. The Morgan fingerprint density at radius 1 is 1.29 bits per heavy atom. The fourth-order valence-corrected chi connectivity index (χ4v) is 3.47. The van der Waals surface area contributed by atoms with Gasteiger partial charge in [0.05, 0.1) is 6.61 Å². The quantitative estimate of drug-likeness (QED) is 0.813. The van der Waals surface area contributed by atoms with Crippen LogP contribution in [0.1, 0.15) is 24.8 Å². The van der Waals surface area contributed by atoms with E-state index >= 15 is 0 Å². The van der Waals surface area contributed by atoms with Crippen molar-refractivity contribution >= 4 is 0 Å². The Morgan fingerprint density at radius 2 is 2.14 bits per heavy atom. The lowest BCUT2D eigenvalue weighted by molar-refractivity contribution is 0.175. The summed E-state index contributed by atoms with van der Waals surface area (Å²) in [5, 5.41) is 3.57. The smallest absolute Gasteiger partial charge is 0.123 e. The molecule has 0 aromatic heterocycles. The summed E-state index contributed by atoms with van der Waals surface area (Å²) in [6.07, 6.45) is 3.63. The van der Waals surface area contributed by atoms with Crippen LogP contribution >= 0.6 is 0 Å². The molecule has 4 heteroatoms. The predicted molar refractivity (Wildman–Crippen MR) is 82.1 cm³/mol. The van der Waals surface area contributed by atoms with Gasteiger partial charge in [-0.1, -0.05) is 12.1 Å². The molecule has 0 unspecified atom stereocenters. The monoisotopic (exact) mass is 292 g/mol. The highest BCUT2D eigenvalue weighted by Crippen LogP contribution is 2.32. The van der Waals surface area contributed by atoms with E-state index in [1.54, 1.807) is 12.1 Å². The van der Waals surface area contributed by atoms with Gasteiger partial charge >= 0.3 is 0 Å². The van der Waals surface area contributed by atoms with Crippen molar-refractivity contribution < 1.29 is 9.13 Å². The molecule has 0 amide bonds. The molecule has 21 heavy (non-hydrogen) atoms. The van der Waals surface area contributed by atoms with Crippen LogP contribution in [0, 0.1) is 5.82 Å². The van der Waals surface area contributed by atoms with Crippen LogP contribution < -0.4 is 5.32 Å². The van der Waals surface area contributed by atoms with Crippen LogP contribution in [-0.2, 0) is 10.2 Å². The Bertz CT molecular complexity index is 454. The molecule has 2 saturated heterocycles. The first-order valence-corrected chi connectivity index (χ1v) is 8.05. The lowest BCUT2D eigenvalue weighted by atomic mass is 9.79. The molecule has 1 aromatic rings. The maximum Gasteiger partial charge on any atom is 0.123 e. The van der Waals surface area contributed by atoms with E-state index in [0.717, 1.165) is 38.2 Å². The van der Waals surface area contributed by atoms with Crippen molar-refractivity contribution in [3.05, 3.63) is 35.6 Å². The van der Waals surface area contributed by atoms with Gasteiger partial charge in [0, 0.05) is 31.7 Å². The average Bonchev–Trinajstić information content (AvgIpc) is 3.16. The third-order valence-corrected chi connectivity index (χ3v) is 4.81. The van der Waals surface area contributed by atoms with E-state index < -0.39 is 0 Å². The maximum absolute atomic E-state index is 13.5. The zero-order valence-corrected chi connectivity index (χ0v) is 12.6. The summed E-state index contributed by atoms with van der Waals surface area (Å²) in [4.78, 5) is 2.51. The Kier molecular flexibility index (Phi) is 4.88. The predicted octanol–water partition coefficient (Wildman–Crippen LogP) is 2.17. The van der Waals surface area contributed by atoms with Crippen LogP contribution in [0.5, 0.6) is 0 Å². The summed E-state index contributed by atoms with van der Waals surface area (Å²) in [6, 6.07) is 7.00. The first-order chi connectivity index (χ1) is 10.3. The number of ether oxygens (including phenoxy) is 1. The molecule has 0 spiro atoms. The lowest BCUT2D eigenvalue weighted by Crippen LogP contribution is -2.41. The molecule has 116 valence electrons. The molecule has 0 bridgehead atoms. The van der Waals surface area contributed by atoms with Gasteiger partial charge in [0.25, 0.3) is 0 Å². The first kappa shape index (κ1) is 14.9. The van der Waals surface area contributed by atoms with E-state index in [4.69, 9.17) is 4.74 Å².